The molecule has 5 heteroatoms. The molecule has 1 amide bonds. The van der Waals surface area contributed by atoms with E-state index in [9.17, 15) is 4.79 Å². The van der Waals surface area contributed by atoms with Gasteiger partial charge in [0.25, 0.3) is 5.91 Å². The number of likely N-dealkylation sites (tertiary alicyclic amines) is 1. The number of piperidine rings is 1. The molecule has 0 N–H and O–H groups in total. The van der Waals surface area contributed by atoms with Gasteiger partial charge >= 0.3 is 0 Å². The Balaban J connectivity index is 1.59. The summed E-state index contributed by atoms with van der Waals surface area (Å²) in [5.74, 6) is 1.67. The van der Waals surface area contributed by atoms with Crippen molar-refractivity contribution in [2.75, 3.05) is 19.7 Å². The molecule has 0 saturated carbocycles. The Morgan fingerprint density at radius 2 is 1.80 bits per heavy atom. The van der Waals surface area contributed by atoms with E-state index in [4.69, 9.17) is 9.47 Å². The van der Waals surface area contributed by atoms with Gasteiger partial charge in [-0.3, -0.25) is 4.79 Å². The lowest BCUT2D eigenvalue weighted by molar-refractivity contribution is 0.0580. The van der Waals surface area contributed by atoms with Gasteiger partial charge in [0.15, 0.2) is 11.5 Å². The van der Waals surface area contributed by atoms with Crippen molar-refractivity contribution in [3.8, 4) is 11.5 Å². The fraction of sp³-hybridized carbons (Fsp3) is 0.450. The minimum atomic E-state index is 0.101. The second-order valence-corrected chi connectivity index (χ2v) is 6.41. The summed E-state index contributed by atoms with van der Waals surface area (Å²) in [6.07, 6.45) is 1.77. The van der Waals surface area contributed by atoms with E-state index in [1.807, 2.05) is 66.8 Å². The van der Waals surface area contributed by atoms with Gasteiger partial charge in [-0.25, -0.2) is 0 Å². The molecule has 1 fully saturated rings. The summed E-state index contributed by atoms with van der Waals surface area (Å²) in [4.78, 5) is 14.6. The van der Waals surface area contributed by atoms with Crippen LogP contribution in [0.15, 0.2) is 36.4 Å². The number of benzene rings is 1. The smallest absolute Gasteiger partial charge is 0.270 e. The summed E-state index contributed by atoms with van der Waals surface area (Å²) in [5.41, 5.74) is 1.84. The number of amides is 1. The molecule has 0 bridgehead atoms. The fourth-order valence-electron chi connectivity index (χ4n) is 3.17. The third-order valence-corrected chi connectivity index (χ3v) is 4.76. The molecule has 1 saturated heterocycles. The van der Waals surface area contributed by atoms with Gasteiger partial charge < -0.3 is 18.9 Å². The van der Waals surface area contributed by atoms with Gasteiger partial charge in [0, 0.05) is 38.7 Å². The normalized spacial score (nSPS) is 15.2. The maximum Gasteiger partial charge on any atom is 0.270 e. The van der Waals surface area contributed by atoms with Gasteiger partial charge in [0.2, 0.25) is 0 Å². The van der Waals surface area contributed by atoms with E-state index in [1.165, 1.54) is 0 Å². The van der Waals surface area contributed by atoms with E-state index < -0.39 is 0 Å². The number of carbonyl (C=O) groups excluding carboxylic acids is 1. The molecule has 2 aromatic rings. The van der Waals surface area contributed by atoms with E-state index in [1.54, 1.807) is 0 Å². The lowest BCUT2D eigenvalue weighted by atomic mass is 10.1. The van der Waals surface area contributed by atoms with Crippen LogP contribution in [-0.4, -0.2) is 41.2 Å². The third kappa shape index (κ3) is 3.81. The number of aryl methyl sites for hydroxylation is 1. The van der Waals surface area contributed by atoms with Crippen LogP contribution >= 0.6 is 0 Å². The van der Waals surface area contributed by atoms with Crippen LogP contribution in [0.3, 0.4) is 0 Å². The van der Waals surface area contributed by atoms with Crippen molar-refractivity contribution in [2.24, 2.45) is 7.05 Å². The van der Waals surface area contributed by atoms with Crippen LogP contribution in [-0.2, 0) is 7.05 Å². The summed E-state index contributed by atoms with van der Waals surface area (Å²) >= 11 is 0. The van der Waals surface area contributed by atoms with E-state index in [-0.39, 0.29) is 12.0 Å². The average Bonchev–Trinajstić information content (AvgIpc) is 2.96. The van der Waals surface area contributed by atoms with E-state index in [0.29, 0.717) is 19.7 Å². The molecule has 2 heterocycles. The first-order valence-corrected chi connectivity index (χ1v) is 8.90. The van der Waals surface area contributed by atoms with Crippen LogP contribution in [0, 0.1) is 6.92 Å². The number of ether oxygens (including phenoxy) is 2. The Kier molecular flexibility index (Phi) is 5.31. The highest BCUT2D eigenvalue weighted by molar-refractivity contribution is 5.93. The number of carbonyl (C=O) groups is 1. The molecule has 0 unspecified atom stereocenters. The van der Waals surface area contributed by atoms with Gasteiger partial charge in [-0.05, 0) is 38.1 Å². The van der Waals surface area contributed by atoms with Gasteiger partial charge in [0.05, 0.1) is 6.61 Å². The largest absolute Gasteiger partial charge is 0.490 e. The Morgan fingerprint density at radius 3 is 2.40 bits per heavy atom. The van der Waals surface area contributed by atoms with Crippen molar-refractivity contribution in [2.45, 2.75) is 32.8 Å². The van der Waals surface area contributed by atoms with Crippen molar-refractivity contribution in [1.29, 1.82) is 0 Å². The third-order valence-electron chi connectivity index (χ3n) is 4.76. The van der Waals surface area contributed by atoms with Crippen LogP contribution in [0.1, 0.15) is 35.9 Å². The number of nitrogens with zero attached hydrogens (tertiary/aromatic N) is 2. The van der Waals surface area contributed by atoms with Crippen LogP contribution in [0.2, 0.25) is 0 Å². The molecule has 0 radical (unpaired) electrons. The Bertz CT molecular complexity index is 730. The number of hydrogen-bond donors (Lipinski definition) is 0. The highest BCUT2D eigenvalue weighted by Crippen LogP contribution is 2.29. The summed E-state index contributed by atoms with van der Waals surface area (Å²) in [6.45, 7) is 6.01. The molecule has 5 nitrogen and oxygen atoms in total. The molecular weight excluding hydrogens is 316 g/mol. The molecule has 134 valence electrons. The predicted molar refractivity (Wildman–Crippen MR) is 97.3 cm³/mol. The molecule has 1 aliphatic heterocycles. The lowest BCUT2D eigenvalue weighted by Gasteiger charge is -2.32. The van der Waals surface area contributed by atoms with Crippen molar-refractivity contribution >= 4 is 5.91 Å². The Morgan fingerprint density at radius 1 is 1.12 bits per heavy atom. The van der Waals surface area contributed by atoms with Crippen molar-refractivity contribution < 1.29 is 14.3 Å². The molecule has 0 atom stereocenters. The Hall–Kier alpha value is -2.43. The van der Waals surface area contributed by atoms with Crippen LogP contribution < -0.4 is 9.47 Å². The number of para-hydroxylation sites is 2. The van der Waals surface area contributed by atoms with Gasteiger partial charge in [0.1, 0.15) is 11.8 Å². The molecular formula is C20H26N2O3. The molecule has 0 aliphatic carbocycles. The van der Waals surface area contributed by atoms with E-state index in [0.717, 1.165) is 35.7 Å². The SMILES string of the molecule is CCOc1ccccc1OC1CCN(C(=O)c2ccc(C)n2C)CC1. The van der Waals surface area contributed by atoms with Crippen LogP contribution in [0.4, 0.5) is 0 Å². The van der Waals surface area contributed by atoms with Crippen LogP contribution in [0.5, 0.6) is 11.5 Å². The lowest BCUT2D eigenvalue weighted by Crippen LogP contribution is -2.42. The van der Waals surface area contributed by atoms with Gasteiger partial charge in [-0.15, -0.1) is 0 Å². The maximum absolute atomic E-state index is 12.7. The van der Waals surface area contributed by atoms with E-state index in [2.05, 4.69) is 0 Å². The quantitative estimate of drug-likeness (QED) is 0.836. The molecule has 3 rings (SSSR count). The first-order chi connectivity index (χ1) is 12.1. The molecule has 25 heavy (non-hydrogen) atoms. The first-order valence-electron chi connectivity index (χ1n) is 8.90. The molecule has 0 spiro atoms. The number of hydrogen-bond acceptors (Lipinski definition) is 3. The standard InChI is InChI=1S/C20H26N2O3/c1-4-24-18-7-5-6-8-19(18)25-16-11-13-22(14-12-16)20(23)17-10-9-15(2)21(17)3/h5-10,16H,4,11-14H2,1-3H3. The second kappa shape index (κ2) is 7.64. The predicted octanol–water partition coefficient (Wildman–Crippen LogP) is 3.42. The topological polar surface area (TPSA) is 43.7 Å². The number of aromatic nitrogens is 1. The maximum atomic E-state index is 12.7. The average molecular weight is 342 g/mol. The summed E-state index contributed by atoms with van der Waals surface area (Å²) in [5, 5.41) is 0. The minimum Gasteiger partial charge on any atom is -0.490 e. The van der Waals surface area contributed by atoms with Gasteiger partial charge in [-0.1, -0.05) is 12.1 Å². The minimum absolute atomic E-state index is 0.101. The fourth-order valence-corrected chi connectivity index (χ4v) is 3.17. The zero-order chi connectivity index (χ0) is 17.8. The zero-order valence-electron chi connectivity index (χ0n) is 15.2. The summed E-state index contributed by atoms with van der Waals surface area (Å²) < 4.78 is 13.7. The Labute approximate surface area is 149 Å². The van der Waals surface area contributed by atoms with Gasteiger partial charge in [-0.2, -0.15) is 0 Å². The molecule has 1 aliphatic rings. The second-order valence-electron chi connectivity index (χ2n) is 6.41. The van der Waals surface area contributed by atoms with Crippen molar-refractivity contribution in [3.05, 3.63) is 47.8 Å². The highest BCUT2D eigenvalue weighted by atomic mass is 16.5. The first kappa shape index (κ1) is 17.4. The molecule has 1 aromatic carbocycles. The summed E-state index contributed by atoms with van der Waals surface area (Å²) in [7, 11) is 1.93. The summed E-state index contributed by atoms with van der Waals surface area (Å²) in [6, 6.07) is 11.6. The van der Waals surface area contributed by atoms with Crippen LogP contribution in [0.25, 0.3) is 0 Å². The van der Waals surface area contributed by atoms with E-state index >= 15 is 0 Å². The monoisotopic (exact) mass is 342 g/mol. The molecule has 1 aromatic heterocycles. The van der Waals surface area contributed by atoms with Crippen molar-refractivity contribution in [3.63, 3.8) is 0 Å². The zero-order valence-corrected chi connectivity index (χ0v) is 15.2. The number of rotatable bonds is 5. The van der Waals surface area contributed by atoms with Crippen molar-refractivity contribution in [1.82, 2.24) is 9.47 Å². The highest BCUT2D eigenvalue weighted by Gasteiger charge is 2.26.